The molecule has 0 aromatic carbocycles. The van der Waals surface area contributed by atoms with Crippen LogP contribution in [0.15, 0.2) is 48.6 Å². The van der Waals surface area contributed by atoms with Gasteiger partial charge in [-0.3, -0.25) is 4.90 Å². The van der Waals surface area contributed by atoms with Gasteiger partial charge < -0.3 is 14.6 Å². The zero-order chi connectivity index (χ0) is 33.7. The molecule has 274 valence electrons. The van der Waals surface area contributed by atoms with E-state index in [0.717, 1.165) is 65.0 Å². The third-order valence-corrected chi connectivity index (χ3v) is 9.28. The lowest BCUT2D eigenvalue weighted by molar-refractivity contribution is -0.0481. The summed E-state index contributed by atoms with van der Waals surface area (Å²) >= 11 is 0. The number of aliphatic hydroxyl groups is 1. The van der Waals surface area contributed by atoms with Gasteiger partial charge in [0.2, 0.25) is 0 Å². The van der Waals surface area contributed by atoms with Crippen LogP contribution in [-0.2, 0) is 9.47 Å². The number of hydrogen-bond acceptors (Lipinski definition) is 4. The van der Waals surface area contributed by atoms with Gasteiger partial charge in [0.05, 0.1) is 12.2 Å². The fourth-order valence-corrected chi connectivity index (χ4v) is 6.27. The van der Waals surface area contributed by atoms with Crippen LogP contribution in [0, 0.1) is 0 Å². The topological polar surface area (TPSA) is 41.9 Å². The van der Waals surface area contributed by atoms with Crippen LogP contribution in [0.1, 0.15) is 174 Å². The van der Waals surface area contributed by atoms with Crippen LogP contribution < -0.4 is 0 Å². The second kappa shape index (κ2) is 36.1. The minimum atomic E-state index is 0.177. The number of nitrogens with zero attached hydrogens (tertiary/aromatic N) is 1. The second-order valence-corrected chi connectivity index (χ2v) is 13.8. The average Bonchev–Trinajstić information content (AvgIpc) is 3.47. The Morgan fingerprint density at radius 1 is 0.468 bits per heavy atom. The van der Waals surface area contributed by atoms with E-state index in [9.17, 15) is 5.11 Å². The second-order valence-electron chi connectivity index (χ2n) is 13.8. The number of ether oxygens (including phenoxy) is 2. The normalized spacial score (nSPS) is 17.6. The summed E-state index contributed by atoms with van der Waals surface area (Å²) in [5.41, 5.74) is 0. The maximum Gasteiger partial charge on any atom is 0.0975 e. The van der Waals surface area contributed by atoms with E-state index in [0.29, 0.717) is 0 Å². The molecule has 1 heterocycles. The smallest absolute Gasteiger partial charge is 0.0975 e. The zero-order valence-electron chi connectivity index (χ0n) is 31.4. The highest BCUT2D eigenvalue weighted by molar-refractivity contribution is 4.93. The van der Waals surface area contributed by atoms with Gasteiger partial charge in [-0.05, 0) is 83.5 Å². The van der Waals surface area contributed by atoms with Crippen molar-refractivity contribution in [1.29, 1.82) is 0 Å². The molecule has 0 saturated carbocycles. The summed E-state index contributed by atoms with van der Waals surface area (Å²) in [6.45, 7) is 9.29. The van der Waals surface area contributed by atoms with Crippen LogP contribution in [0.5, 0.6) is 0 Å². The molecule has 1 N–H and O–H groups in total. The third kappa shape index (κ3) is 29.4. The van der Waals surface area contributed by atoms with Gasteiger partial charge in [-0.25, -0.2) is 0 Å². The highest BCUT2D eigenvalue weighted by Crippen LogP contribution is 2.19. The van der Waals surface area contributed by atoms with Crippen LogP contribution in [0.3, 0.4) is 0 Å². The molecule has 1 aliphatic heterocycles. The van der Waals surface area contributed by atoms with Crippen LogP contribution >= 0.6 is 0 Å². The Morgan fingerprint density at radius 2 is 0.830 bits per heavy atom. The van der Waals surface area contributed by atoms with Crippen molar-refractivity contribution in [2.45, 2.75) is 187 Å². The largest absolute Gasteiger partial charge is 0.396 e. The number of hydrogen-bond donors (Lipinski definition) is 1. The molecule has 0 bridgehead atoms. The molecule has 47 heavy (non-hydrogen) atoms. The maximum absolute atomic E-state index is 9.29. The third-order valence-electron chi connectivity index (χ3n) is 9.28. The van der Waals surface area contributed by atoms with Crippen LogP contribution in [0.25, 0.3) is 0 Å². The lowest BCUT2D eigenvalue weighted by Gasteiger charge is -2.20. The van der Waals surface area contributed by atoms with Gasteiger partial charge in [-0.1, -0.05) is 140 Å². The number of unbranched alkanes of at least 4 members (excludes halogenated alkanes) is 18. The first-order chi connectivity index (χ1) is 23.3. The van der Waals surface area contributed by atoms with Crippen LogP contribution in [0.2, 0.25) is 0 Å². The monoisotopic (exact) mass is 658 g/mol. The predicted octanol–water partition coefficient (Wildman–Crippen LogP) is 12.1. The highest BCUT2D eigenvalue weighted by Gasteiger charge is 2.33. The molecule has 0 unspecified atom stereocenters. The van der Waals surface area contributed by atoms with Crippen molar-refractivity contribution in [2.24, 2.45) is 0 Å². The molecule has 0 aromatic rings. The Bertz CT molecular complexity index is 687. The molecule has 0 radical (unpaired) electrons. The average molecular weight is 658 g/mol. The van der Waals surface area contributed by atoms with Gasteiger partial charge in [0.25, 0.3) is 0 Å². The van der Waals surface area contributed by atoms with E-state index in [1.807, 2.05) is 0 Å². The standard InChI is InChI=1S/C43H79NO3/c1-3-5-7-9-11-13-15-17-19-21-23-25-27-29-31-33-38-46-42-40-44(36-35-37-45)41-43(42)47-39-34-32-30-28-26-24-22-20-18-16-14-12-10-8-6-4-2/h11-14,17-20,42-43,45H,3-10,15-16,21-41H2,1-2H3/t42-,43-/m1/s1. The van der Waals surface area contributed by atoms with E-state index >= 15 is 0 Å². The van der Waals surface area contributed by atoms with Gasteiger partial charge in [0.1, 0.15) is 0 Å². The summed E-state index contributed by atoms with van der Waals surface area (Å²) in [5.74, 6) is 0. The Hall–Kier alpha value is -1.20. The van der Waals surface area contributed by atoms with Gasteiger partial charge in [0.15, 0.2) is 0 Å². The number of likely N-dealkylation sites (tertiary alicyclic amines) is 1. The molecule has 2 atom stereocenters. The quantitative estimate of drug-likeness (QED) is 0.0544. The Labute approximate surface area is 293 Å². The Morgan fingerprint density at radius 3 is 1.21 bits per heavy atom. The molecule has 0 aromatic heterocycles. The van der Waals surface area contributed by atoms with Crippen molar-refractivity contribution in [2.75, 3.05) is 39.5 Å². The van der Waals surface area contributed by atoms with E-state index in [-0.39, 0.29) is 18.8 Å². The molecule has 1 aliphatic rings. The molecule has 0 spiro atoms. The number of allylic oxidation sites excluding steroid dienone is 8. The van der Waals surface area contributed by atoms with Crippen molar-refractivity contribution in [3.05, 3.63) is 48.6 Å². The summed E-state index contributed by atoms with van der Waals surface area (Å²) in [7, 11) is 0. The summed E-state index contributed by atoms with van der Waals surface area (Å²) in [6.07, 6.45) is 50.4. The summed E-state index contributed by atoms with van der Waals surface area (Å²) in [4.78, 5) is 2.42. The molecular weight excluding hydrogens is 578 g/mol. The molecule has 1 rings (SSSR count). The van der Waals surface area contributed by atoms with Gasteiger partial charge in [0, 0.05) is 39.5 Å². The maximum atomic E-state index is 9.29. The fraction of sp³-hybridized carbons (Fsp3) is 0.814. The van der Waals surface area contributed by atoms with Crippen molar-refractivity contribution in [3.8, 4) is 0 Å². The van der Waals surface area contributed by atoms with Crippen molar-refractivity contribution in [1.82, 2.24) is 4.90 Å². The lowest BCUT2D eigenvalue weighted by Crippen LogP contribution is -2.30. The molecule has 4 heteroatoms. The Balaban J connectivity index is 2.04. The van der Waals surface area contributed by atoms with E-state index in [4.69, 9.17) is 9.47 Å². The van der Waals surface area contributed by atoms with Gasteiger partial charge in [-0.15, -0.1) is 0 Å². The summed E-state index contributed by atoms with van der Waals surface area (Å²) in [6, 6.07) is 0. The van der Waals surface area contributed by atoms with E-state index in [1.54, 1.807) is 0 Å². The number of rotatable bonds is 35. The summed E-state index contributed by atoms with van der Waals surface area (Å²) < 4.78 is 12.8. The number of aliphatic hydroxyl groups excluding tert-OH is 1. The first kappa shape index (κ1) is 43.8. The predicted molar refractivity (Wildman–Crippen MR) is 206 cm³/mol. The molecule has 1 saturated heterocycles. The zero-order valence-corrected chi connectivity index (χ0v) is 31.4. The van der Waals surface area contributed by atoms with Crippen LogP contribution in [-0.4, -0.2) is 61.7 Å². The first-order valence-electron chi connectivity index (χ1n) is 20.5. The van der Waals surface area contributed by atoms with Crippen molar-refractivity contribution in [3.63, 3.8) is 0 Å². The SMILES string of the molecule is CCCCCC=CCC=CCCCCCCCCO[C@@H]1CN(CCCO)C[C@H]1OCCCCCCCCC=CCC=CCCCCC. The molecule has 0 aliphatic carbocycles. The molecule has 4 nitrogen and oxygen atoms in total. The minimum Gasteiger partial charge on any atom is -0.396 e. The van der Waals surface area contributed by atoms with E-state index in [1.165, 1.54) is 128 Å². The van der Waals surface area contributed by atoms with E-state index in [2.05, 4.69) is 67.4 Å². The van der Waals surface area contributed by atoms with Gasteiger partial charge >= 0.3 is 0 Å². The lowest BCUT2D eigenvalue weighted by atomic mass is 10.1. The molecule has 1 fully saturated rings. The van der Waals surface area contributed by atoms with Gasteiger partial charge in [-0.2, -0.15) is 0 Å². The van der Waals surface area contributed by atoms with E-state index < -0.39 is 0 Å². The molecular formula is C43H79NO3. The van der Waals surface area contributed by atoms with Crippen molar-refractivity contribution >= 4 is 0 Å². The molecule has 0 amide bonds. The summed E-state index contributed by atoms with van der Waals surface area (Å²) in [5, 5.41) is 9.29. The van der Waals surface area contributed by atoms with Crippen LogP contribution in [0.4, 0.5) is 0 Å². The highest BCUT2D eigenvalue weighted by atomic mass is 16.5. The minimum absolute atomic E-state index is 0.177. The Kier molecular flexibility index (Phi) is 33.6. The fourth-order valence-electron chi connectivity index (χ4n) is 6.27. The first-order valence-corrected chi connectivity index (χ1v) is 20.5. The van der Waals surface area contributed by atoms with Crippen molar-refractivity contribution < 1.29 is 14.6 Å².